The fraction of sp³-hybridized carbons (Fsp3) is 0.536. The maximum atomic E-state index is 13.2. The summed E-state index contributed by atoms with van der Waals surface area (Å²) in [5.41, 5.74) is -1.02. The number of carbonyl (C=O) groups is 4. The maximum absolute atomic E-state index is 13.2. The van der Waals surface area contributed by atoms with Gasteiger partial charge in [-0.1, -0.05) is 44.2 Å². The summed E-state index contributed by atoms with van der Waals surface area (Å²) in [5.74, 6) is -2.53. The van der Waals surface area contributed by atoms with Gasteiger partial charge < -0.3 is 25.1 Å². The summed E-state index contributed by atoms with van der Waals surface area (Å²) in [6.07, 6.45) is 1.73. The highest BCUT2D eigenvalue weighted by atomic mass is 16.6. The predicted molar refractivity (Wildman–Crippen MR) is 142 cm³/mol. The summed E-state index contributed by atoms with van der Waals surface area (Å²) in [5, 5.41) is 5.32. The van der Waals surface area contributed by atoms with Gasteiger partial charge in [-0.25, -0.2) is 14.6 Å². The second kappa shape index (κ2) is 12.7. The molecule has 3 N–H and O–H groups in total. The zero-order chi connectivity index (χ0) is 28.7. The third kappa shape index (κ3) is 9.99. The van der Waals surface area contributed by atoms with E-state index in [0.717, 1.165) is 5.56 Å². The molecule has 0 saturated carbocycles. The van der Waals surface area contributed by atoms with Crippen LogP contribution in [0, 0.1) is 5.92 Å². The molecule has 38 heavy (non-hydrogen) atoms. The molecule has 10 nitrogen and oxygen atoms in total. The maximum Gasteiger partial charge on any atom is 0.329 e. The number of amides is 2. The highest BCUT2D eigenvalue weighted by Gasteiger charge is 2.32. The molecule has 2 atom stereocenters. The molecule has 0 bridgehead atoms. The Kier molecular flexibility index (Phi) is 10.2. The molecule has 0 aliphatic carbocycles. The van der Waals surface area contributed by atoms with E-state index < -0.39 is 47.0 Å². The lowest BCUT2D eigenvalue weighted by Gasteiger charge is -2.25. The van der Waals surface area contributed by atoms with Crippen molar-refractivity contribution in [1.82, 2.24) is 20.6 Å². The first kappa shape index (κ1) is 30.5. The zero-order valence-electron chi connectivity index (χ0n) is 23.5. The number of esters is 2. The molecule has 0 saturated heterocycles. The Morgan fingerprint density at radius 3 is 1.89 bits per heavy atom. The van der Waals surface area contributed by atoms with E-state index in [1.165, 1.54) is 6.33 Å². The minimum absolute atomic E-state index is 0.0879. The summed E-state index contributed by atoms with van der Waals surface area (Å²) in [7, 11) is 0. The number of hydrogen-bond donors (Lipinski definition) is 3. The van der Waals surface area contributed by atoms with E-state index in [0.29, 0.717) is 6.42 Å². The van der Waals surface area contributed by atoms with Gasteiger partial charge >= 0.3 is 11.9 Å². The number of carbonyl (C=O) groups excluding carboxylic acids is 4. The molecule has 0 spiro atoms. The molecule has 1 aromatic carbocycles. The highest BCUT2D eigenvalue weighted by Crippen LogP contribution is 2.15. The monoisotopic (exact) mass is 528 g/mol. The molecule has 2 rings (SSSR count). The van der Waals surface area contributed by atoms with Crippen molar-refractivity contribution in [2.45, 2.75) is 91.5 Å². The number of nitrogens with zero attached hydrogens (tertiary/aromatic N) is 1. The van der Waals surface area contributed by atoms with Crippen LogP contribution in [0.1, 0.15) is 88.4 Å². The number of rotatable bonds is 10. The molecular formula is C28H40N4O6. The molecule has 1 heterocycles. The zero-order valence-corrected chi connectivity index (χ0v) is 23.5. The summed E-state index contributed by atoms with van der Waals surface area (Å²) in [4.78, 5) is 58.7. The number of ether oxygens (including phenoxy) is 2. The van der Waals surface area contributed by atoms with Gasteiger partial charge in [-0.3, -0.25) is 9.59 Å². The van der Waals surface area contributed by atoms with E-state index in [2.05, 4.69) is 20.6 Å². The van der Waals surface area contributed by atoms with Crippen molar-refractivity contribution in [3.63, 3.8) is 0 Å². The van der Waals surface area contributed by atoms with Gasteiger partial charge in [0.05, 0.1) is 6.33 Å². The second-order valence-electron chi connectivity index (χ2n) is 11.6. The lowest BCUT2D eigenvalue weighted by molar-refractivity contribution is -0.158. The van der Waals surface area contributed by atoms with Crippen molar-refractivity contribution < 1.29 is 28.7 Å². The van der Waals surface area contributed by atoms with E-state index in [-0.39, 0.29) is 23.7 Å². The molecule has 0 radical (unpaired) electrons. The summed E-state index contributed by atoms with van der Waals surface area (Å²) < 4.78 is 11.0. The number of aromatic nitrogens is 2. The van der Waals surface area contributed by atoms with Crippen LogP contribution in [-0.2, 0) is 25.5 Å². The van der Waals surface area contributed by atoms with E-state index in [9.17, 15) is 19.2 Å². The van der Waals surface area contributed by atoms with Crippen LogP contribution in [0.3, 0.4) is 0 Å². The first-order valence-corrected chi connectivity index (χ1v) is 12.7. The van der Waals surface area contributed by atoms with Gasteiger partial charge in [0.25, 0.3) is 11.8 Å². The first-order chi connectivity index (χ1) is 17.6. The van der Waals surface area contributed by atoms with Crippen molar-refractivity contribution >= 4 is 23.8 Å². The fourth-order valence-electron chi connectivity index (χ4n) is 3.57. The second-order valence-corrected chi connectivity index (χ2v) is 11.6. The Morgan fingerprint density at radius 1 is 0.842 bits per heavy atom. The Bertz CT molecular complexity index is 1110. The molecular weight excluding hydrogens is 488 g/mol. The number of benzene rings is 1. The van der Waals surface area contributed by atoms with Gasteiger partial charge in [0.1, 0.15) is 29.0 Å². The van der Waals surface area contributed by atoms with E-state index >= 15 is 0 Å². The predicted octanol–water partition coefficient (Wildman–Crippen LogP) is 3.58. The average molecular weight is 529 g/mol. The Balaban J connectivity index is 2.24. The highest BCUT2D eigenvalue weighted by molar-refractivity contribution is 6.06. The SMILES string of the molecule is CC(C)CC(NC(=O)c1[nH]cnc1C(=O)NC(Cc1ccccc1)C(=O)OC(C)(C)C)C(=O)OC(C)(C)C. The normalized spacial score (nSPS) is 13.4. The number of nitrogens with one attached hydrogen (secondary N) is 3. The minimum atomic E-state index is -1.02. The van der Waals surface area contributed by atoms with Crippen LogP contribution in [-0.4, -0.2) is 57.0 Å². The number of hydrogen-bond acceptors (Lipinski definition) is 7. The van der Waals surface area contributed by atoms with Crippen molar-refractivity contribution in [2.24, 2.45) is 5.92 Å². The third-order valence-electron chi connectivity index (χ3n) is 5.06. The van der Waals surface area contributed by atoms with Gasteiger partial charge in [-0.05, 0) is 59.4 Å². The van der Waals surface area contributed by atoms with Crippen molar-refractivity contribution in [3.8, 4) is 0 Å². The topological polar surface area (TPSA) is 139 Å². The van der Waals surface area contributed by atoms with Crippen LogP contribution in [0.15, 0.2) is 36.7 Å². The Labute approximate surface area is 224 Å². The largest absolute Gasteiger partial charge is 0.458 e. The van der Waals surface area contributed by atoms with E-state index in [1.54, 1.807) is 41.5 Å². The summed E-state index contributed by atoms with van der Waals surface area (Å²) >= 11 is 0. The van der Waals surface area contributed by atoms with Crippen LogP contribution in [0.25, 0.3) is 0 Å². The molecule has 2 amide bonds. The number of H-pyrrole nitrogens is 1. The van der Waals surface area contributed by atoms with Gasteiger partial charge in [0, 0.05) is 6.42 Å². The van der Waals surface area contributed by atoms with Crippen LogP contribution >= 0.6 is 0 Å². The van der Waals surface area contributed by atoms with E-state index in [4.69, 9.17) is 9.47 Å². The molecule has 2 unspecified atom stereocenters. The lowest BCUT2D eigenvalue weighted by atomic mass is 10.0. The molecule has 208 valence electrons. The van der Waals surface area contributed by atoms with Crippen LogP contribution in [0.4, 0.5) is 0 Å². The molecule has 2 aromatic rings. The lowest BCUT2D eigenvalue weighted by Crippen LogP contribution is -2.47. The fourth-order valence-corrected chi connectivity index (χ4v) is 3.57. The average Bonchev–Trinajstić information content (AvgIpc) is 3.26. The molecule has 0 aliphatic rings. The molecule has 10 heteroatoms. The quantitative estimate of drug-likeness (QED) is 0.401. The molecule has 0 aliphatic heterocycles. The van der Waals surface area contributed by atoms with Crippen molar-refractivity contribution in [1.29, 1.82) is 0 Å². The van der Waals surface area contributed by atoms with Crippen molar-refractivity contribution in [3.05, 3.63) is 53.6 Å². The standard InChI is InChI=1S/C28H40N4O6/c1-17(2)14-19(25(35)37-27(3,4)5)31-23(33)21-22(30-16-29-21)24(34)32-20(26(36)38-28(6,7)8)15-18-12-10-9-11-13-18/h9-13,16-17,19-20H,14-15H2,1-8H3,(H,29,30)(H,31,33)(H,32,34). The minimum Gasteiger partial charge on any atom is -0.458 e. The third-order valence-corrected chi connectivity index (χ3v) is 5.06. The van der Waals surface area contributed by atoms with Gasteiger partial charge in [0.2, 0.25) is 0 Å². The number of imidazole rings is 1. The van der Waals surface area contributed by atoms with Crippen LogP contribution < -0.4 is 10.6 Å². The van der Waals surface area contributed by atoms with Gasteiger partial charge in [-0.15, -0.1) is 0 Å². The number of aromatic amines is 1. The molecule has 1 aromatic heterocycles. The van der Waals surface area contributed by atoms with Crippen LogP contribution in [0.5, 0.6) is 0 Å². The Morgan fingerprint density at radius 2 is 1.37 bits per heavy atom. The van der Waals surface area contributed by atoms with Gasteiger partial charge in [-0.2, -0.15) is 0 Å². The summed E-state index contributed by atoms with van der Waals surface area (Å²) in [6, 6.07) is 7.24. The van der Waals surface area contributed by atoms with Crippen molar-refractivity contribution in [2.75, 3.05) is 0 Å². The smallest absolute Gasteiger partial charge is 0.329 e. The molecule has 0 fully saturated rings. The Hall–Kier alpha value is -3.69. The first-order valence-electron chi connectivity index (χ1n) is 12.7. The summed E-state index contributed by atoms with van der Waals surface area (Å²) in [6.45, 7) is 14.3. The van der Waals surface area contributed by atoms with Gasteiger partial charge in [0.15, 0.2) is 5.69 Å². The van der Waals surface area contributed by atoms with E-state index in [1.807, 2.05) is 44.2 Å². The van der Waals surface area contributed by atoms with Crippen LogP contribution in [0.2, 0.25) is 0 Å².